The Morgan fingerprint density at radius 1 is 1.32 bits per heavy atom. The summed E-state index contributed by atoms with van der Waals surface area (Å²) in [7, 11) is 0. The third-order valence-corrected chi connectivity index (χ3v) is 2.83. The molecule has 1 rings (SSSR count). The molecule has 1 aromatic rings. The van der Waals surface area contributed by atoms with Crippen molar-refractivity contribution in [3.05, 3.63) is 28.0 Å². The van der Waals surface area contributed by atoms with Crippen molar-refractivity contribution in [2.24, 2.45) is 0 Å². The van der Waals surface area contributed by atoms with Gasteiger partial charge in [-0.1, -0.05) is 23.2 Å². The lowest BCUT2D eigenvalue weighted by molar-refractivity contribution is -0.137. The predicted octanol–water partition coefficient (Wildman–Crippen LogP) is 2.76. The zero-order valence-electron chi connectivity index (χ0n) is 10.5. The Balaban J connectivity index is 2.75. The lowest BCUT2D eigenvalue weighted by Crippen LogP contribution is -2.43. The van der Waals surface area contributed by atoms with Crippen LogP contribution in [0.15, 0.2) is 12.1 Å². The normalized spacial score (nSPS) is 11.2. The van der Waals surface area contributed by atoms with Gasteiger partial charge in [0.25, 0.3) is 5.91 Å². The van der Waals surface area contributed by atoms with Gasteiger partial charge in [-0.25, -0.2) is 4.98 Å². The molecular formula is C12H14Cl2N2O3. The predicted molar refractivity (Wildman–Crippen MR) is 72.7 cm³/mol. The van der Waals surface area contributed by atoms with Gasteiger partial charge in [0.2, 0.25) is 0 Å². The third kappa shape index (κ3) is 5.44. The number of nitrogens with zero attached hydrogens (tertiary/aromatic N) is 1. The van der Waals surface area contributed by atoms with Crippen LogP contribution in [0.1, 0.15) is 37.0 Å². The van der Waals surface area contributed by atoms with E-state index in [4.69, 9.17) is 28.3 Å². The molecule has 0 fully saturated rings. The first-order valence-electron chi connectivity index (χ1n) is 5.57. The van der Waals surface area contributed by atoms with Gasteiger partial charge < -0.3 is 10.4 Å². The molecule has 0 radical (unpaired) electrons. The summed E-state index contributed by atoms with van der Waals surface area (Å²) >= 11 is 11.4. The number of aliphatic carboxylic acids is 1. The lowest BCUT2D eigenvalue weighted by Gasteiger charge is -2.25. The monoisotopic (exact) mass is 304 g/mol. The molecule has 0 saturated heterocycles. The van der Waals surface area contributed by atoms with Gasteiger partial charge in [0, 0.05) is 17.5 Å². The van der Waals surface area contributed by atoms with Crippen molar-refractivity contribution in [1.29, 1.82) is 0 Å². The maximum Gasteiger partial charge on any atom is 0.303 e. The van der Waals surface area contributed by atoms with E-state index in [0.29, 0.717) is 6.42 Å². The number of rotatable bonds is 5. The molecule has 0 unspecified atom stereocenters. The molecule has 0 atom stereocenters. The highest BCUT2D eigenvalue weighted by Crippen LogP contribution is 2.17. The zero-order chi connectivity index (χ0) is 14.6. The van der Waals surface area contributed by atoms with Crippen LogP contribution in [0.3, 0.4) is 0 Å². The molecule has 7 heteroatoms. The van der Waals surface area contributed by atoms with E-state index in [1.807, 2.05) is 0 Å². The number of aromatic nitrogens is 1. The van der Waals surface area contributed by atoms with Crippen molar-refractivity contribution in [3.63, 3.8) is 0 Å². The number of pyridine rings is 1. The summed E-state index contributed by atoms with van der Waals surface area (Å²) in [6.45, 7) is 3.50. The Morgan fingerprint density at radius 2 is 1.84 bits per heavy atom. The van der Waals surface area contributed by atoms with E-state index in [1.165, 1.54) is 12.1 Å². The molecule has 104 valence electrons. The number of carbonyl (C=O) groups excluding carboxylic acids is 1. The van der Waals surface area contributed by atoms with E-state index in [0.717, 1.165) is 0 Å². The standard InChI is InChI=1S/C12H14Cl2N2O3/c1-12(2,4-3-10(17)18)16-11(19)7-5-8(13)15-9(14)6-7/h5-6H,3-4H2,1-2H3,(H,16,19)(H,17,18). The Morgan fingerprint density at radius 3 is 2.32 bits per heavy atom. The number of carboxylic acids is 1. The van der Waals surface area contributed by atoms with E-state index in [9.17, 15) is 9.59 Å². The molecule has 2 N–H and O–H groups in total. The first kappa shape index (κ1) is 15.7. The fourth-order valence-electron chi connectivity index (χ4n) is 1.46. The fourth-order valence-corrected chi connectivity index (χ4v) is 1.92. The topological polar surface area (TPSA) is 79.3 Å². The largest absolute Gasteiger partial charge is 0.481 e. The van der Waals surface area contributed by atoms with E-state index in [2.05, 4.69) is 10.3 Å². The average Bonchev–Trinajstić information content (AvgIpc) is 2.24. The van der Waals surface area contributed by atoms with Crippen LogP contribution < -0.4 is 5.32 Å². The highest BCUT2D eigenvalue weighted by molar-refractivity contribution is 6.33. The Hall–Kier alpha value is -1.33. The Kier molecular flexibility index (Phi) is 5.14. The molecule has 0 saturated carbocycles. The first-order valence-corrected chi connectivity index (χ1v) is 6.32. The maximum atomic E-state index is 12.0. The molecule has 1 heterocycles. The van der Waals surface area contributed by atoms with Gasteiger partial charge >= 0.3 is 5.97 Å². The van der Waals surface area contributed by atoms with E-state index >= 15 is 0 Å². The van der Waals surface area contributed by atoms with Gasteiger partial charge in [-0.05, 0) is 32.4 Å². The summed E-state index contributed by atoms with van der Waals surface area (Å²) in [5.74, 6) is -1.28. The van der Waals surface area contributed by atoms with Gasteiger partial charge in [-0.2, -0.15) is 0 Å². The van der Waals surface area contributed by atoms with Gasteiger partial charge in [0.05, 0.1) is 0 Å². The van der Waals surface area contributed by atoms with Crippen LogP contribution in [0.2, 0.25) is 10.3 Å². The van der Waals surface area contributed by atoms with Crippen LogP contribution in [0.5, 0.6) is 0 Å². The summed E-state index contributed by atoms with van der Waals surface area (Å²) in [4.78, 5) is 26.3. The second-order valence-corrected chi connectivity index (χ2v) is 5.51. The molecule has 0 aromatic carbocycles. The first-order chi connectivity index (χ1) is 8.69. The van der Waals surface area contributed by atoms with Crippen molar-refractivity contribution in [1.82, 2.24) is 10.3 Å². The number of amides is 1. The van der Waals surface area contributed by atoms with Crippen LogP contribution in [-0.2, 0) is 4.79 Å². The molecule has 0 spiro atoms. The van der Waals surface area contributed by atoms with Crippen molar-refractivity contribution < 1.29 is 14.7 Å². The molecule has 5 nitrogen and oxygen atoms in total. The highest BCUT2D eigenvalue weighted by Gasteiger charge is 2.22. The number of hydrogen-bond donors (Lipinski definition) is 2. The summed E-state index contributed by atoms with van der Waals surface area (Å²) in [6, 6.07) is 2.80. The van der Waals surface area contributed by atoms with Gasteiger partial charge in [0.15, 0.2) is 0 Å². The zero-order valence-corrected chi connectivity index (χ0v) is 12.0. The summed E-state index contributed by atoms with van der Waals surface area (Å²) in [5.41, 5.74) is -0.356. The molecule has 0 aliphatic carbocycles. The Labute approximate surface area is 120 Å². The highest BCUT2D eigenvalue weighted by atomic mass is 35.5. The van der Waals surface area contributed by atoms with Crippen LogP contribution in [-0.4, -0.2) is 27.5 Å². The molecule has 0 bridgehead atoms. The summed E-state index contributed by atoms with van der Waals surface area (Å²) in [6.07, 6.45) is 0.297. The summed E-state index contributed by atoms with van der Waals surface area (Å²) < 4.78 is 0. The SMILES string of the molecule is CC(C)(CCC(=O)O)NC(=O)c1cc(Cl)nc(Cl)c1. The second-order valence-electron chi connectivity index (χ2n) is 4.73. The van der Waals surface area contributed by atoms with E-state index in [1.54, 1.807) is 13.8 Å². The number of hydrogen-bond acceptors (Lipinski definition) is 3. The number of carbonyl (C=O) groups is 2. The lowest BCUT2D eigenvalue weighted by atomic mass is 9.98. The van der Waals surface area contributed by atoms with Crippen LogP contribution >= 0.6 is 23.2 Å². The van der Waals surface area contributed by atoms with Gasteiger partial charge in [-0.3, -0.25) is 9.59 Å². The van der Waals surface area contributed by atoms with Crippen LogP contribution in [0, 0.1) is 0 Å². The van der Waals surface area contributed by atoms with Gasteiger partial charge in [0.1, 0.15) is 10.3 Å². The number of nitrogens with one attached hydrogen (secondary N) is 1. The van der Waals surface area contributed by atoms with E-state index in [-0.39, 0.29) is 28.2 Å². The van der Waals surface area contributed by atoms with Gasteiger partial charge in [-0.15, -0.1) is 0 Å². The number of carboxylic acid groups (broad SMARTS) is 1. The van der Waals surface area contributed by atoms with Crippen LogP contribution in [0.25, 0.3) is 0 Å². The molecule has 1 aromatic heterocycles. The smallest absolute Gasteiger partial charge is 0.303 e. The minimum Gasteiger partial charge on any atom is -0.481 e. The number of halogens is 2. The molecule has 0 aliphatic rings. The molecule has 1 amide bonds. The quantitative estimate of drug-likeness (QED) is 0.820. The van der Waals surface area contributed by atoms with Crippen molar-refractivity contribution in [2.75, 3.05) is 0 Å². The fraction of sp³-hybridized carbons (Fsp3) is 0.417. The third-order valence-electron chi connectivity index (χ3n) is 2.44. The minimum absolute atomic E-state index is 0.0227. The van der Waals surface area contributed by atoms with Crippen LogP contribution in [0.4, 0.5) is 0 Å². The molecule has 0 aliphatic heterocycles. The Bertz CT molecular complexity index is 483. The molecule has 19 heavy (non-hydrogen) atoms. The van der Waals surface area contributed by atoms with Crippen molar-refractivity contribution in [3.8, 4) is 0 Å². The molecular weight excluding hydrogens is 291 g/mol. The maximum absolute atomic E-state index is 12.0. The summed E-state index contributed by atoms with van der Waals surface area (Å²) in [5, 5.41) is 11.6. The average molecular weight is 305 g/mol. The van der Waals surface area contributed by atoms with E-state index < -0.39 is 11.5 Å². The minimum atomic E-state index is -0.905. The van der Waals surface area contributed by atoms with Crippen molar-refractivity contribution >= 4 is 35.1 Å². The second kappa shape index (κ2) is 6.21. The van der Waals surface area contributed by atoms with Crippen molar-refractivity contribution in [2.45, 2.75) is 32.2 Å².